The zero-order valence-corrected chi connectivity index (χ0v) is 27.7. The molecule has 0 aliphatic carbocycles. The molecule has 0 unspecified atom stereocenters. The average Bonchev–Trinajstić information content (AvgIpc) is 3.74. The van der Waals surface area contributed by atoms with Crippen molar-refractivity contribution in [3.63, 3.8) is 0 Å². The van der Waals surface area contributed by atoms with Gasteiger partial charge in [-0.1, -0.05) is 121 Å². The lowest BCUT2D eigenvalue weighted by Crippen LogP contribution is -1.97. The Morgan fingerprint density at radius 2 is 1.12 bits per heavy atom. The summed E-state index contributed by atoms with van der Waals surface area (Å²) in [5, 5.41) is 11.2. The van der Waals surface area contributed by atoms with E-state index in [1.54, 1.807) is 0 Å². The van der Waals surface area contributed by atoms with Crippen LogP contribution in [0.3, 0.4) is 0 Å². The zero-order chi connectivity index (χ0) is 32.8. The Hall–Kier alpha value is -6.36. The molecule has 3 aromatic heterocycles. The molecule has 11 aromatic rings. The first kappa shape index (κ1) is 27.6. The van der Waals surface area contributed by atoms with E-state index >= 15 is 0 Å². The van der Waals surface area contributed by atoms with E-state index in [-0.39, 0.29) is 0 Å². The van der Waals surface area contributed by atoms with Gasteiger partial charge in [-0.15, -0.1) is 11.3 Å². The summed E-state index contributed by atoms with van der Waals surface area (Å²) < 4.78 is 5.12. The van der Waals surface area contributed by atoms with Gasteiger partial charge in [0, 0.05) is 63.9 Å². The van der Waals surface area contributed by atoms with Crippen molar-refractivity contribution in [1.82, 2.24) is 14.5 Å². The Bertz CT molecular complexity index is 3140. The minimum Gasteiger partial charge on any atom is -0.309 e. The minimum absolute atomic E-state index is 0.720. The standard InChI is InChI=1S/C46H27N3S/c1-2-14-31-28(12-1)13-11-20-32(31)43-35-17-5-8-21-38(35)47-46(48-43)29-24-26-30(27-25-29)49-39-22-9-6-18-36(39)41-42-37-19-7-10-23-40(37)50-45(42)34-16-4-3-15-33(34)44(41)49/h1-27H. The molecule has 50 heavy (non-hydrogen) atoms. The lowest BCUT2D eigenvalue weighted by Gasteiger charge is -2.13. The lowest BCUT2D eigenvalue weighted by atomic mass is 9.99. The molecular weight excluding hydrogens is 627 g/mol. The smallest absolute Gasteiger partial charge is 0.160 e. The molecule has 0 bridgehead atoms. The van der Waals surface area contributed by atoms with E-state index in [0.29, 0.717) is 0 Å². The molecule has 8 aromatic carbocycles. The van der Waals surface area contributed by atoms with Gasteiger partial charge < -0.3 is 4.57 Å². The SMILES string of the molecule is c1ccc2c(-c3nc(-c4ccc(-n5c6ccccc6c6c7c8ccccc8sc7c7ccccc7c65)cc4)nc4ccccc34)cccc2c1. The third kappa shape index (κ3) is 3.91. The fourth-order valence-corrected chi connectivity index (χ4v) is 9.24. The highest BCUT2D eigenvalue weighted by atomic mass is 32.1. The predicted octanol–water partition coefficient (Wildman–Crippen LogP) is 12.7. The second-order valence-corrected chi connectivity index (χ2v) is 14.0. The highest BCUT2D eigenvalue weighted by Gasteiger charge is 2.22. The van der Waals surface area contributed by atoms with Crippen LogP contribution in [0.4, 0.5) is 0 Å². The molecule has 0 aliphatic rings. The summed E-state index contributed by atoms with van der Waals surface area (Å²) in [6.07, 6.45) is 0. The summed E-state index contributed by atoms with van der Waals surface area (Å²) >= 11 is 1.90. The third-order valence-electron chi connectivity index (χ3n) is 10.2. The Morgan fingerprint density at radius 3 is 1.98 bits per heavy atom. The van der Waals surface area contributed by atoms with Crippen LogP contribution in [0.15, 0.2) is 164 Å². The molecular formula is C46H27N3S. The van der Waals surface area contributed by atoms with Crippen LogP contribution in [0, 0.1) is 0 Å². The molecule has 0 aliphatic heterocycles. The molecule has 0 atom stereocenters. The van der Waals surface area contributed by atoms with Crippen molar-refractivity contribution in [3.8, 4) is 28.3 Å². The van der Waals surface area contributed by atoms with Crippen molar-refractivity contribution >= 4 is 85.8 Å². The van der Waals surface area contributed by atoms with Gasteiger partial charge in [-0.3, -0.25) is 0 Å². The Kier molecular flexibility index (Phi) is 5.83. The van der Waals surface area contributed by atoms with Crippen molar-refractivity contribution in [1.29, 1.82) is 0 Å². The summed E-state index contributed by atoms with van der Waals surface area (Å²) in [6, 6.07) is 58.6. The molecule has 0 radical (unpaired) electrons. The summed E-state index contributed by atoms with van der Waals surface area (Å²) in [6.45, 7) is 0. The molecule has 11 rings (SSSR count). The molecule has 3 heterocycles. The Labute approximate surface area is 291 Å². The van der Waals surface area contributed by atoms with Gasteiger partial charge in [-0.05, 0) is 53.2 Å². The van der Waals surface area contributed by atoms with Gasteiger partial charge in [0.25, 0.3) is 0 Å². The van der Waals surface area contributed by atoms with Gasteiger partial charge >= 0.3 is 0 Å². The van der Waals surface area contributed by atoms with Crippen LogP contribution in [0.25, 0.3) is 103 Å². The maximum atomic E-state index is 5.27. The van der Waals surface area contributed by atoms with Crippen LogP contribution in [0.2, 0.25) is 0 Å². The number of nitrogens with zero attached hydrogens (tertiary/aromatic N) is 3. The number of hydrogen-bond donors (Lipinski definition) is 0. The van der Waals surface area contributed by atoms with Crippen LogP contribution in [-0.2, 0) is 0 Å². The van der Waals surface area contributed by atoms with E-state index in [1.807, 2.05) is 11.3 Å². The van der Waals surface area contributed by atoms with Gasteiger partial charge in [-0.25, -0.2) is 9.97 Å². The fourth-order valence-electron chi connectivity index (χ4n) is 7.99. The van der Waals surface area contributed by atoms with Crippen molar-refractivity contribution in [2.75, 3.05) is 0 Å². The summed E-state index contributed by atoms with van der Waals surface area (Å²) in [5.41, 5.74) is 7.54. The van der Waals surface area contributed by atoms with Gasteiger partial charge in [0.05, 0.1) is 22.2 Å². The molecule has 0 saturated carbocycles. The monoisotopic (exact) mass is 653 g/mol. The molecule has 0 spiro atoms. The highest BCUT2D eigenvalue weighted by molar-refractivity contribution is 7.27. The highest BCUT2D eigenvalue weighted by Crippen LogP contribution is 2.48. The van der Waals surface area contributed by atoms with Crippen LogP contribution in [0.5, 0.6) is 0 Å². The molecule has 4 heteroatoms. The first-order valence-corrected chi connectivity index (χ1v) is 17.7. The Morgan fingerprint density at radius 1 is 0.460 bits per heavy atom. The first-order chi connectivity index (χ1) is 24.8. The van der Waals surface area contributed by atoms with E-state index < -0.39 is 0 Å². The normalized spacial score (nSPS) is 12.0. The zero-order valence-electron chi connectivity index (χ0n) is 26.8. The van der Waals surface area contributed by atoms with E-state index in [2.05, 4.69) is 168 Å². The van der Waals surface area contributed by atoms with Crippen molar-refractivity contribution in [2.45, 2.75) is 0 Å². The second-order valence-electron chi connectivity index (χ2n) is 12.9. The number of para-hydroxylation sites is 2. The fraction of sp³-hybridized carbons (Fsp3) is 0. The summed E-state index contributed by atoms with van der Waals surface area (Å²) in [5.74, 6) is 0.720. The lowest BCUT2D eigenvalue weighted by molar-refractivity contribution is 1.18. The first-order valence-electron chi connectivity index (χ1n) is 16.9. The maximum Gasteiger partial charge on any atom is 0.160 e. The molecule has 0 N–H and O–H groups in total. The summed E-state index contributed by atoms with van der Waals surface area (Å²) in [7, 11) is 0. The van der Waals surface area contributed by atoms with Gasteiger partial charge in [0.15, 0.2) is 5.82 Å². The van der Waals surface area contributed by atoms with Crippen LogP contribution in [0.1, 0.15) is 0 Å². The van der Waals surface area contributed by atoms with E-state index in [1.165, 1.54) is 63.5 Å². The van der Waals surface area contributed by atoms with E-state index in [9.17, 15) is 0 Å². The largest absolute Gasteiger partial charge is 0.309 e. The molecule has 0 amide bonds. The molecule has 3 nitrogen and oxygen atoms in total. The van der Waals surface area contributed by atoms with Crippen LogP contribution >= 0.6 is 11.3 Å². The number of aromatic nitrogens is 3. The van der Waals surface area contributed by atoms with Crippen LogP contribution in [-0.4, -0.2) is 14.5 Å². The number of thiophene rings is 1. The topological polar surface area (TPSA) is 30.7 Å². The molecule has 0 saturated heterocycles. The third-order valence-corrected chi connectivity index (χ3v) is 11.4. The maximum absolute atomic E-state index is 5.27. The minimum atomic E-state index is 0.720. The number of fused-ring (bicyclic) bond motifs is 12. The van der Waals surface area contributed by atoms with Crippen molar-refractivity contribution < 1.29 is 0 Å². The van der Waals surface area contributed by atoms with E-state index in [0.717, 1.165) is 39.2 Å². The van der Waals surface area contributed by atoms with Crippen molar-refractivity contribution in [2.24, 2.45) is 0 Å². The molecule has 232 valence electrons. The quantitative estimate of drug-likeness (QED) is 0.190. The number of rotatable bonds is 3. The molecule has 0 fully saturated rings. The number of benzene rings is 8. The van der Waals surface area contributed by atoms with Gasteiger partial charge in [0.2, 0.25) is 0 Å². The second kappa shape index (κ2) is 10.6. The number of hydrogen-bond acceptors (Lipinski definition) is 3. The van der Waals surface area contributed by atoms with Crippen molar-refractivity contribution in [3.05, 3.63) is 164 Å². The van der Waals surface area contributed by atoms with E-state index in [4.69, 9.17) is 9.97 Å². The summed E-state index contributed by atoms with van der Waals surface area (Å²) in [4.78, 5) is 10.4. The van der Waals surface area contributed by atoms with Crippen LogP contribution < -0.4 is 0 Å². The van der Waals surface area contributed by atoms with Gasteiger partial charge in [0.1, 0.15) is 0 Å². The average molecular weight is 654 g/mol. The Balaban J connectivity index is 1.15. The predicted molar refractivity (Wildman–Crippen MR) is 213 cm³/mol. The van der Waals surface area contributed by atoms with Gasteiger partial charge in [-0.2, -0.15) is 0 Å².